The first-order chi connectivity index (χ1) is 19.8. The number of piperidine rings is 1. The van der Waals surface area contributed by atoms with Crippen molar-refractivity contribution in [2.45, 2.75) is 58.4 Å². The molecule has 2 saturated heterocycles. The van der Waals surface area contributed by atoms with Crippen LogP contribution in [-0.2, 0) is 4.79 Å². The first-order valence-corrected chi connectivity index (χ1v) is 15.3. The van der Waals surface area contributed by atoms with Crippen molar-refractivity contribution in [1.82, 2.24) is 25.1 Å². The number of rotatable bonds is 8. The molecule has 1 aliphatic carbocycles. The van der Waals surface area contributed by atoms with Gasteiger partial charge in [0.2, 0.25) is 11.9 Å². The number of nitrogens with one attached hydrogen (secondary N) is 1. The standard InChI is InChI=1S/C33H44N6O2/c1-5-26-19-37(4)20-29(27-7-6-8-28(18-27)41-22-25-9-10-25)30(26)21-39-16-13-34-33(31(39)40)11-14-38(15-12-33)32-35-23(2)17-24(3)36-32/h6-8,17-18,20,25,34H,5,9-16,19,21-22H2,1-4H3. The second-order valence-electron chi connectivity index (χ2n) is 12.3. The number of benzene rings is 1. The number of aryl methyl sites for hydroxylation is 2. The summed E-state index contributed by atoms with van der Waals surface area (Å²) in [5.74, 6) is 2.65. The molecule has 2 aromatic rings. The highest BCUT2D eigenvalue weighted by atomic mass is 16.5. The van der Waals surface area contributed by atoms with Crippen LogP contribution in [0.3, 0.4) is 0 Å². The largest absolute Gasteiger partial charge is 0.493 e. The fourth-order valence-corrected chi connectivity index (χ4v) is 6.53. The third-order valence-corrected chi connectivity index (χ3v) is 9.06. The third-order valence-electron chi connectivity index (χ3n) is 9.06. The molecule has 0 atom stereocenters. The SMILES string of the molecule is CCC1=C(CN2CCNC3(CCN(c4nc(C)cc(C)n4)CC3)C2=O)C(c2cccc(OCC3CC3)c2)=CN(C)C1. The van der Waals surface area contributed by atoms with Crippen LogP contribution in [0.25, 0.3) is 5.57 Å². The molecule has 3 fully saturated rings. The number of nitrogens with zero attached hydrogens (tertiary/aromatic N) is 5. The number of likely N-dealkylation sites (N-methyl/N-ethyl adjacent to an activating group) is 1. The van der Waals surface area contributed by atoms with Crippen molar-refractivity contribution in [2.75, 3.05) is 57.8 Å². The number of ether oxygens (including phenoxy) is 1. The van der Waals surface area contributed by atoms with Crippen molar-refractivity contribution in [1.29, 1.82) is 0 Å². The van der Waals surface area contributed by atoms with E-state index in [-0.39, 0.29) is 5.91 Å². The minimum atomic E-state index is -0.521. The summed E-state index contributed by atoms with van der Waals surface area (Å²) >= 11 is 0. The summed E-state index contributed by atoms with van der Waals surface area (Å²) in [6.45, 7) is 11.6. The number of amides is 1. The molecule has 4 heterocycles. The van der Waals surface area contributed by atoms with E-state index in [9.17, 15) is 4.79 Å². The summed E-state index contributed by atoms with van der Waals surface area (Å²) in [4.78, 5) is 30.1. The lowest BCUT2D eigenvalue weighted by Crippen LogP contribution is -2.67. The Hall–Kier alpha value is -3.39. The van der Waals surface area contributed by atoms with E-state index in [1.165, 1.54) is 29.6 Å². The van der Waals surface area contributed by atoms with Crippen molar-refractivity contribution in [2.24, 2.45) is 5.92 Å². The number of carbonyl (C=O) groups excluding carboxylic acids is 1. The zero-order valence-corrected chi connectivity index (χ0v) is 25.1. The molecular formula is C33H44N6O2. The number of aromatic nitrogens is 2. The minimum absolute atomic E-state index is 0.229. The van der Waals surface area contributed by atoms with Crippen LogP contribution in [0.5, 0.6) is 5.75 Å². The van der Waals surface area contributed by atoms with E-state index in [2.05, 4.69) is 74.4 Å². The van der Waals surface area contributed by atoms with Crippen LogP contribution >= 0.6 is 0 Å². The minimum Gasteiger partial charge on any atom is -0.493 e. The van der Waals surface area contributed by atoms with E-state index < -0.39 is 5.54 Å². The van der Waals surface area contributed by atoms with E-state index in [1.54, 1.807) is 0 Å². The molecule has 0 unspecified atom stereocenters. The molecule has 218 valence electrons. The van der Waals surface area contributed by atoms with Gasteiger partial charge in [-0.15, -0.1) is 0 Å². The molecule has 0 radical (unpaired) electrons. The van der Waals surface area contributed by atoms with Gasteiger partial charge in [0.1, 0.15) is 11.3 Å². The van der Waals surface area contributed by atoms with Crippen LogP contribution in [-0.4, -0.2) is 84.1 Å². The summed E-state index contributed by atoms with van der Waals surface area (Å²) in [5, 5.41) is 3.64. The van der Waals surface area contributed by atoms with E-state index >= 15 is 0 Å². The molecule has 6 rings (SSSR count). The fourth-order valence-electron chi connectivity index (χ4n) is 6.53. The Morgan fingerprint density at radius 1 is 1.07 bits per heavy atom. The average Bonchev–Trinajstić information content (AvgIpc) is 3.80. The van der Waals surface area contributed by atoms with Crippen LogP contribution in [0.15, 0.2) is 47.7 Å². The number of piperazine rings is 1. The molecule has 41 heavy (non-hydrogen) atoms. The zero-order valence-electron chi connectivity index (χ0n) is 25.1. The predicted octanol–water partition coefficient (Wildman–Crippen LogP) is 4.35. The first-order valence-electron chi connectivity index (χ1n) is 15.3. The molecule has 3 aliphatic heterocycles. The number of carbonyl (C=O) groups is 1. The fraction of sp³-hybridized carbons (Fsp3) is 0.545. The maximum absolute atomic E-state index is 14.2. The maximum atomic E-state index is 14.2. The normalized spacial score (nSPS) is 21.0. The van der Waals surface area contributed by atoms with Gasteiger partial charge in [-0.25, -0.2) is 9.97 Å². The Balaban J connectivity index is 1.20. The van der Waals surface area contributed by atoms with Crippen LogP contribution in [0.1, 0.15) is 56.0 Å². The van der Waals surface area contributed by atoms with Crippen molar-refractivity contribution in [3.63, 3.8) is 0 Å². The Labute approximate surface area is 244 Å². The van der Waals surface area contributed by atoms with Crippen molar-refractivity contribution in [3.8, 4) is 5.75 Å². The molecule has 1 aromatic heterocycles. The van der Waals surface area contributed by atoms with Crippen LogP contribution in [0.2, 0.25) is 0 Å². The average molecular weight is 557 g/mol. The maximum Gasteiger partial charge on any atom is 0.243 e. The van der Waals surface area contributed by atoms with Gasteiger partial charge in [0.25, 0.3) is 0 Å². The molecule has 1 amide bonds. The molecule has 4 aliphatic rings. The van der Waals surface area contributed by atoms with Crippen LogP contribution in [0.4, 0.5) is 5.95 Å². The van der Waals surface area contributed by atoms with E-state index in [1.807, 2.05) is 19.9 Å². The van der Waals surface area contributed by atoms with E-state index in [0.717, 1.165) is 87.2 Å². The summed E-state index contributed by atoms with van der Waals surface area (Å²) in [6, 6.07) is 10.5. The Bertz CT molecular complexity index is 1330. The lowest BCUT2D eigenvalue weighted by Gasteiger charge is -2.47. The second-order valence-corrected chi connectivity index (χ2v) is 12.3. The summed E-state index contributed by atoms with van der Waals surface area (Å²) in [7, 11) is 2.14. The van der Waals surface area contributed by atoms with Gasteiger partial charge in [-0.05, 0) is 86.8 Å². The van der Waals surface area contributed by atoms with Gasteiger partial charge in [0.05, 0.1) is 6.61 Å². The zero-order chi connectivity index (χ0) is 28.6. The third kappa shape index (κ3) is 5.98. The number of hydrogen-bond acceptors (Lipinski definition) is 7. The lowest BCUT2D eigenvalue weighted by atomic mass is 9.83. The number of hydrogen-bond donors (Lipinski definition) is 1. The van der Waals surface area contributed by atoms with Crippen molar-refractivity contribution in [3.05, 3.63) is 64.6 Å². The van der Waals surface area contributed by atoms with Crippen LogP contribution < -0.4 is 15.0 Å². The lowest BCUT2D eigenvalue weighted by molar-refractivity contribution is -0.142. The first kappa shape index (κ1) is 27.8. The summed E-state index contributed by atoms with van der Waals surface area (Å²) < 4.78 is 6.13. The second kappa shape index (κ2) is 11.5. The molecular weight excluding hydrogens is 512 g/mol. The van der Waals surface area contributed by atoms with Crippen molar-refractivity contribution < 1.29 is 9.53 Å². The van der Waals surface area contributed by atoms with Gasteiger partial charge >= 0.3 is 0 Å². The highest BCUT2D eigenvalue weighted by Gasteiger charge is 2.46. The van der Waals surface area contributed by atoms with E-state index in [0.29, 0.717) is 12.5 Å². The van der Waals surface area contributed by atoms with Gasteiger partial charge in [0.15, 0.2) is 0 Å². The molecule has 8 nitrogen and oxygen atoms in total. The summed E-state index contributed by atoms with van der Waals surface area (Å²) in [5.41, 5.74) is 6.49. The molecule has 1 N–H and O–H groups in total. The monoisotopic (exact) mass is 556 g/mol. The van der Waals surface area contributed by atoms with Gasteiger partial charge in [-0.1, -0.05) is 19.1 Å². The van der Waals surface area contributed by atoms with Gasteiger partial charge in [-0.2, -0.15) is 0 Å². The topological polar surface area (TPSA) is 73.8 Å². The van der Waals surface area contributed by atoms with Crippen LogP contribution in [0, 0.1) is 19.8 Å². The Morgan fingerprint density at radius 3 is 2.54 bits per heavy atom. The van der Waals surface area contributed by atoms with Crippen molar-refractivity contribution >= 4 is 17.4 Å². The van der Waals surface area contributed by atoms with E-state index in [4.69, 9.17) is 4.74 Å². The molecule has 1 aromatic carbocycles. The van der Waals surface area contributed by atoms with Gasteiger partial charge < -0.3 is 24.8 Å². The Morgan fingerprint density at radius 2 is 1.83 bits per heavy atom. The molecule has 8 heteroatoms. The highest BCUT2D eigenvalue weighted by Crippen LogP contribution is 2.36. The number of anilines is 1. The highest BCUT2D eigenvalue weighted by molar-refractivity contribution is 5.89. The molecule has 1 saturated carbocycles. The van der Waals surface area contributed by atoms with Gasteiger partial charge in [0, 0.05) is 69.5 Å². The predicted molar refractivity (Wildman–Crippen MR) is 163 cm³/mol. The molecule has 1 spiro atoms. The Kier molecular flexibility index (Phi) is 7.77. The quantitative estimate of drug-likeness (QED) is 0.518. The molecule has 0 bridgehead atoms. The van der Waals surface area contributed by atoms with Gasteiger partial charge in [-0.3, -0.25) is 4.79 Å². The summed E-state index contributed by atoms with van der Waals surface area (Å²) in [6.07, 6.45) is 7.28. The smallest absolute Gasteiger partial charge is 0.243 e.